The molecule has 0 rings (SSSR count). The van der Waals surface area contributed by atoms with Crippen molar-refractivity contribution in [3.63, 3.8) is 0 Å². The van der Waals surface area contributed by atoms with Gasteiger partial charge >= 0.3 is 39.5 Å². The van der Waals surface area contributed by atoms with Gasteiger partial charge in [0.25, 0.3) is 0 Å². The number of phosphoric acid groups is 2. The van der Waals surface area contributed by atoms with Crippen molar-refractivity contribution in [3.8, 4) is 0 Å². The number of phosphoric ester groups is 2. The zero-order valence-corrected chi connectivity index (χ0v) is 68.7. The molecule has 606 valence electrons. The summed E-state index contributed by atoms with van der Waals surface area (Å²) in [5.41, 5.74) is 0. The van der Waals surface area contributed by atoms with Crippen molar-refractivity contribution in [2.24, 2.45) is 11.8 Å². The number of hydrogen-bond donors (Lipinski definition) is 3. The highest BCUT2D eigenvalue weighted by molar-refractivity contribution is 7.47. The summed E-state index contributed by atoms with van der Waals surface area (Å²) in [6.45, 7) is 9.66. The molecule has 0 heterocycles. The van der Waals surface area contributed by atoms with Crippen LogP contribution in [0.25, 0.3) is 0 Å². The number of unbranched alkanes of at least 4 members (excludes halogenated alkanes) is 52. The van der Waals surface area contributed by atoms with Crippen LogP contribution in [0.1, 0.15) is 440 Å². The summed E-state index contributed by atoms with van der Waals surface area (Å²) in [5, 5.41) is 10.6. The Morgan fingerprint density at radius 2 is 0.451 bits per heavy atom. The van der Waals surface area contributed by atoms with Crippen LogP contribution in [0.3, 0.4) is 0 Å². The van der Waals surface area contributed by atoms with Crippen LogP contribution in [0.4, 0.5) is 0 Å². The summed E-state index contributed by atoms with van der Waals surface area (Å²) in [5.74, 6) is -0.503. The summed E-state index contributed by atoms with van der Waals surface area (Å²) < 4.78 is 68.7. The van der Waals surface area contributed by atoms with Crippen LogP contribution in [0.5, 0.6) is 0 Å². The van der Waals surface area contributed by atoms with Crippen molar-refractivity contribution in [3.05, 3.63) is 0 Å². The molecule has 19 heteroatoms. The average Bonchev–Trinajstić information content (AvgIpc) is 0.951. The normalized spacial score (nSPS) is 13.9. The molecule has 0 radical (unpaired) electrons. The van der Waals surface area contributed by atoms with Crippen LogP contribution >= 0.6 is 15.6 Å². The maximum absolute atomic E-state index is 13.1. The van der Waals surface area contributed by atoms with Crippen LogP contribution in [0.15, 0.2) is 0 Å². The van der Waals surface area contributed by atoms with Gasteiger partial charge in [-0.15, -0.1) is 0 Å². The lowest BCUT2D eigenvalue weighted by molar-refractivity contribution is -0.161. The largest absolute Gasteiger partial charge is 0.472 e. The van der Waals surface area contributed by atoms with Crippen molar-refractivity contribution in [1.82, 2.24) is 0 Å². The predicted octanol–water partition coefficient (Wildman–Crippen LogP) is 25.1. The van der Waals surface area contributed by atoms with E-state index in [9.17, 15) is 43.2 Å². The second kappa shape index (κ2) is 74.5. The van der Waals surface area contributed by atoms with Crippen LogP contribution in [0.2, 0.25) is 0 Å². The van der Waals surface area contributed by atoms with E-state index in [1.807, 2.05) is 0 Å². The first kappa shape index (κ1) is 100. The van der Waals surface area contributed by atoms with Crippen LogP contribution in [0, 0.1) is 11.8 Å². The molecule has 5 atom stereocenters. The fourth-order valence-corrected chi connectivity index (χ4v) is 14.5. The third-order valence-electron chi connectivity index (χ3n) is 19.5. The second-order valence-electron chi connectivity index (χ2n) is 30.8. The molecule has 0 aliphatic carbocycles. The maximum atomic E-state index is 13.1. The van der Waals surface area contributed by atoms with Crippen molar-refractivity contribution in [1.29, 1.82) is 0 Å². The Morgan fingerprint density at radius 3 is 0.667 bits per heavy atom. The molecule has 102 heavy (non-hydrogen) atoms. The molecule has 0 aliphatic rings. The van der Waals surface area contributed by atoms with Gasteiger partial charge in [0, 0.05) is 25.7 Å². The molecule has 2 unspecified atom stereocenters. The first-order valence-electron chi connectivity index (χ1n) is 43.0. The zero-order valence-electron chi connectivity index (χ0n) is 66.9. The summed E-state index contributed by atoms with van der Waals surface area (Å²) in [6, 6.07) is 0. The van der Waals surface area contributed by atoms with E-state index in [0.29, 0.717) is 25.7 Å². The van der Waals surface area contributed by atoms with E-state index >= 15 is 0 Å². The molecule has 0 amide bonds. The zero-order chi connectivity index (χ0) is 74.9. The molecule has 0 aromatic heterocycles. The maximum Gasteiger partial charge on any atom is 0.472 e. The van der Waals surface area contributed by atoms with E-state index in [-0.39, 0.29) is 25.7 Å². The van der Waals surface area contributed by atoms with Gasteiger partial charge in [-0.2, -0.15) is 0 Å². The lowest BCUT2D eigenvalue weighted by atomic mass is 10.0. The van der Waals surface area contributed by atoms with E-state index in [4.69, 9.17) is 37.0 Å². The van der Waals surface area contributed by atoms with E-state index in [0.717, 1.165) is 115 Å². The van der Waals surface area contributed by atoms with Crippen molar-refractivity contribution in [2.75, 3.05) is 39.6 Å². The smallest absolute Gasteiger partial charge is 0.462 e. The predicted molar refractivity (Wildman–Crippen MR) is 418 cm³/mol. The Bertz CT molecular complexity index is 1960. The molecule has 3 N–H and O–H groups in total. The molecular formula is C83H162O17P2. The summed E-state index contributed by atoms with van der Waals surface area (Å²) in [7, 11) is -9.92. The Labute approximate surface area is 626 Å². The number of aliphatic hydroxyl groups excluding tert-OH is 1. The molecule has 0 spiro atoms. The number of ether oxygens (including phenoxy) is 4. The molecular weight excluding hydrogens is 1330 g/mol. The molecule has 0 bridgehead atoms. The quantitative estimate of drug-likeness (QED) is 0.0222. The van der Waals surface area contributed by atoms with Gasteiger partial charge < -0.3 is 33.8 Å². The van der Waals surface area contributed by atoms with Crippen LogP contribution < -0.4 is 0 Å². The summed E-state index contributed by atoms with van der Waals surface area (Å²) in [4.78, 5) is 72.9. The highest BCUT2D eigenvalue weighted by Crippen LogP contribution is 2.45. The fourth-order valence-electron chi connectivity index (χ4n) is 12.9. The SMILES string of the molecule is CCCCCCCCCCCCCCCCCCCCC(=O)OC[C@H](COP(=O)(O)OC[C@@H](O)COP(=O)(O)OC[C@@H](COC(=O)CCCCCCCCC)OC(=O)CCCCCCCCCCCCCCCC(C)C)OC(=O)CCCCCCCCCCCCCCCCCCCCC(C)C. The minimum atomic E-state index is -4.96. The number of carbonyl (C=O) groups excluding carboxylic acids is 4. The summed E-state index contributed by atoms with van der Waals surface area (Å²) >= 11 is 0. The minimum Gasteiger partial charge on any atom is -0.462 e. The van der Waals surface area contributed by atoms with Crippen molar-refractivity contribution >= 4 is 39.5 Å². The molecule has 0 saturated carbocycles. The molecule has 0 fully saturated rings. The van der Waals surface area contributed by atoms with Crippen molar-refractivity contribution in [2.45, 2.75) is 458 Å². The van der Waals surface area contributed by atoms with Gasteiger partial charge in [0.15, 0.2) is 12.2 Å². The summed E-state index contributed by atoms with van der Waals surface area (Å²) in [6.07, 6.45) is 65.4. The van der Waals surface area contributed by atoms with Gasteiger partial charge in [0.2, 0.25) is 0 Å². The number of rotatable bonds is 82. The van der Waals surface area contributed by atoms with Gasteiger partial charge in [0.05, 0.1) is 26.4 Å². The first-order chi connectivity index (χ1) is 49.4. The third kappa shape index (κ3) is 76.3. The van der Waals surface area contributed by atoms with Gasteiger partial charge in [-0.3, -0.25) is 37.3 Å². The van der Waals surface area contributed by atoms with E-state index in [1.165, 1.54) is 244 Å². The van der Waals surface area contributed by atoms with Crippen LogP contribution in [-0.4, -0.2) is 96.7 Å². The molecule has 0 aliphatic heterocycles. The van der Waals surface area contributed by atoms with E-state index in [2.05, 4.69) is 41.5 Å². The fraction of sp³-hybridized carbons (Fsp3) is 0.952. The van der Waals surface area contributed by atoms with Gasteiger partial charge in [-0.1, -0.05) is 388 Å². The standard InChI is InChI=1S/C83H162O17P2/c1-7-9-11-13-15-16-17-18-19-20-24-27-32-37-42-48-54-60-66-81(86)94-72-79(100-83(88)67-61-55-49-43-38-33-28-25-22-21-23-26-30-35-40-46-51-57-63-75(3)4)74-98-102(91,92)96-70-77(84)69-95-101(89,90)97-73-78(71-93-80(85)65-59-53-45-14-12-10-8-2)99-82(87)68-62-56-50-44-39-34-29-31-36-41-47-52-58-64-76(5)6/h75-79,84H,7-74H2,1-6H3,(H,89,90)(H,91,92)/t77-,78+,79+/m0/s1. The number of hydrogen-bond acceptors (Lipinski definition) is 15. The van der Waals surface area contributed by atoms with Gasteiger partial charge in [-0.05, 0) is 37.5 Å². The average molecular weight is 1490 g/mol. The van der Waals surface area contributed by atoms with E-state index < -0.39 is 97.5 Å². The van der Waals surface area contributed by atoms with Gasteiger partial charge in [-0.25, -0.2) is 9.13 Å². The lowest BCUT2D eigenvalue weighted by Crippen LogP contribution is -2.30. The lowest BCUT2D eigenvalue weighted by Gasteiger charge is -2.21. The highest BCUT2D eigenvalue weighted by Gasteiger charge is 2.30. The monoisotopic (exact) mass is 1490 g/mol. The number of aliphatic hydroxyl groups is 1. The van der Waals surface area contributed by atoms with Crippen molar-refractivity contribution < 1.29 is 80.2 Å². The Morgan fingerprint density at radius 1 is 0.265 bits per heavy atom. The number of esters is 4. The topological polar surface area (TPSA) is 237 Å². The Kier molecular flexibility index (Phi) is 73.1. The van der Waals surface area contributed by atoms with Crippen LogP contribution in [-0.2, 0) is 65.4 Å². The molecule has 0 saturated heterocycles. The van der Waals surface area contributed by atoms with Gasteiger partial charge in [0.1, 0.15) is 19.3 Å². The Hall–Kier alpha value is -1.94. The highest BCUT2D eigenvalue weighted by atomic mass is 31.2. The Balaban J connectivity index is 5.17. The molecule has 0 aromatic rings. The molecule has 0 aromatic carbocycles. The van der Waals surface area contributed by atoms with E-state index in [1.54, 1.807) is 0 Å². The third-order valence-corrected chi connectivity index (χ3v) is 21.4. The second-order valence-corrected chi connectivity index (χ2v) is 33.7. The first-order valence-corrected chi connectivity index (χ1v) is 46.0. The number of carbonyl (C=O) groups is 4. The minimum absolute atomic E-state index is 0.107. The molecule has 17 nitrogen and oxygen atoms in total.